The maximum absolute atomic E-state index is 12.0. The van der Waals surface area contributed by atoms with Gasteiger partial charge in [-0.2, -0.15) is 0 Å². The fourth-order valence-electron chi connectivity index (χ4n) is 1.92. The van der Waals surface area contributed by atoms with Crippen molar-refractivity contribution in [1.82, 2.24) is 4.90 Å². The van der Waals surface area contributed by atoms with Gasteiger partial charge in [0, 0.05) is 20.6 Å². The third-order valence-electron chi connectivity index (χ3n) is 3.06. The van der Waals surface area contributed by atoms with E-state index in [1.54, 1.807) is 12.0 Å². The lowest BCUT2D eigenvalue weighted by atomic mass is 9.93. The summed E-state index contributed by atoms with van der Waals surface area (Å²) in [6, 6.07) is 0.116. The molecule has 0 spiro atoms. The van der Waals surface area contributed by atoms with E-state index in [1.165, 1.54) is 0 Å². The second kappa shape index (κ2) is 8.48. The summed E-state index contributed by atoms with van der Waals surface area (Å²) >= 11 is 0. The lowest BCUT2D eigenvalue weighted by Gasteiger charge is -2.26. The maximum Gasteiger partial charge on any atom is 0.222 e. The van der Waals surface area contributed by atoms with Crippen LogP contribution in [0, 0.1) is 11.8 Å². The number of carbonyl (C=O) groups is 1. The van der Waals surface area contributed by atoms with Crippen LogP contribution in [0.15, 0.2) is 0 Å². The smallest absolute Gasteiger partial charge is 0.222 e. The topological polar surface area (TPSA) is 55.6 Å². The van der Waals surface area contributed by atoms with Gasteiger partial charge in [-0.15, -0.1) is 0 Å². The van der Waals surface area contributed by atoms with Gasteiger partial charge in [-0.3, -0.25) is 4.79 Å². The third-order valence-corrected chi connectivity index (χ3v) is 3.06. The molecule has 2 N–H and O–H groups in total. The van der Waals surface area contributed by atoms with Gasteiger partial charge in [0.2, 0.25) is 5.91 Å². The summed E-state index contributed by atoms with van der Waals surface area (Å²) in [7, 11) is 3.48. The van der Waals surface area contributed by atoms with Gasteiger partial charge in [0.05, 0.1) is 12.6 Å². The SMILES string of the molecule is COCC(C)N(C)C(=O)CC(CN)CC(C)C. The van der Waals surface area contributed by atoms with E-state index in [0.29, 0.717) is 31.4 Å². The van der Waals surface area contributed by atoms with Gasteiger partial charge in [-0.05, 0) is 31.7 Å². The molecule has 2 unspecified atom stereocenters. The molecular formula is C13H28N2O2. The normalized spacial score (nSPS) is 14.8. The summed E-state index contributed by atoms with van der Waals surface area (Å²) < 4.78 is 5.05. The molecule has 0 saturated heterocycles. The Bertz CT molecular complexity index is 219. The molecule has 0 heterocycles. The highest BCUT2D eigenvalue weighted by atomic mass is 16.5. The molecule has 17 heavy (non-hydrogen) atoms. The standard InChI is InChI=1S/C13H28N2O2/c1-10(2)6-12(8-14)7-13(16)15(4)11(3)9-17-5/h10-12H,6-9,14H2,1-5H3. The van der Waals surface area contributed by atoms with Crippen LogP contribution in [0.3, 0.4) is 0 Å². The maximum atomic E-state index is 12.0. The van der Waals surface area contributed by atoms with Crippen LogP contribution in [0.4, 0.5) is 0 Å². The zero-order valence-electron chi connectivity index (χ0n) is 11.9. The van der Waals surface area contributed by atoms with Crippen molar-refractivity contribution in [1.29, 1.82) is 0 Å². The molecule has 0 aliphatic carbocycles. The van der Waals surface area contributed by atoms with E-state index in [-0.39, 0.29) is 11.9 Å². The zero-order chi connectivity index (χ0) is 13.4. The van der Waals surface area contributed by atoms with Crippen molar-refractivity contribution < 1.29 is 9.53 Å². The van der Waals surface area contributed by atoms with Crippen molar-refractivity contribution in [2.24, 2.45) is 17.6 Å². The van der Waals surface area contributed by atoms with Crippen LogP contribution in [0.25, 0.3) is 0 Å². The average Bonchev–Trinajstić information content (AvgIpc) is 2.26. The minimum absolute atomic E-state index is 0.116. The van der Waals surface area contributed by atoms with E-state index >= 15 is 0 Å². The first-order valence-corrected chi connectivity index (χ1v) is 6.37. The fraction of sp³-hybridized carbons (Fsp3) is 0.923. The molecule has 0 saturated carbocycles. The highest BCUT2D eigenvalue weighted by molar-refractivity contribution is 5.76. The summed E-state index contributed by atoms with van der Waals surface area (Å²) in [5.74, 6) is 1.03. The summed E-state index contributed by atoms with van der Waals surface area (Å²) in [5, 5.41) is 0. The molecule has 102 valence electrons. The summed E-state index contributed by atoms with van der Waals surface area (Å²) in [6.45, 7) is 7.45. The molecule has 0 bridgehead atoms. The van der Waals surface area contributed by atoms with Crippen LogP contribution < -0.4 is 5.73 Å². The number of likely N-dealkylation sites (N-methyl/N-ethyl adjacent to an activating group) is 1. The first-order chi connectivity index (χ1) is 7.92. The van der Waals surface area contributed by atoms with Crippen molar-refractivity contribution in [3.8, 4) is 0 Å². The number of hydrogen-bond donors (Lipinski definition) is 1. The molecule has 4 heteroatoms. The van der Waals surface area contributed by atoms with Crippen LogP contribution in [0.2, 0.25) is 0 Å². The monoisotopic (exact) mass is 244 g/mol. The highest BCUT2D eigenvalue weighted by Crippen LogP contribution is 2.15. The summed E-state index contributed by atoms with van der Waals surface area (Å²) in [5.41, 5.74) is 5.71. The Hall–Kier alpha value is -0.610. The molecule has 2 atom stereocenters. The van der Waals surface area contributed by atoms with E-state index in [0.717, 1.165) is 6.42 Å². The van der Waals surface area contributed by atoms with E-state index in [1.807, 2.05) is 14.0 Å². The fourth-order valence-corrected chi connectivity index (χ4v) is 1.92. The van der Waals surface area contributed by atoms with Crippen LogP contribution in [-0.4, -0.2) is 44.2 Å². The molecule has 0 radical (unpaired) electrons. The minimum atomic E-state index is 0.116. The van der Waals surface area contributed by atoms with Crippen molar-refractivity contribution >= 4 is 5.91 Å². The number of rotatable bonds is 8. The van der Waals surface area contributed by atoms with E-state index in [2.05, 4.69) is 13.8 Å². The average molecular weight is 244 g/mol. The van der Waals surface area contributed by atoms with Crippen molar-refractivity contribution in [2.75, 3.05) is 27.3 Å². The van der Waals surface area contributed by atoms with Gasteiger partial charge >= 0.3 is 0 Å². The number of nitrogens with zero attached hydrogens (tertiary/aromatic N) is 1. The molecule has 0 aromatic carbocycles. The lowest BCUT2D eigenvalue weighted by molar-refractivity contribution is -0.133. The van der Waals surface area contributed by atoms with E-state index in [9.17, 15) is 4.79 Å². The largest absolute Gasteiger partial charge is 0.383 e. The second-order valence-electron chi connectivity index (χ2n) is 5.24. The Labute approximate surface area is 105 Å². The molecule has 0 aliphatic heterocycles. The molecular weight excluding hydrogens is 216 g/mol. The predicted molar refractivity (Wildman–Crippen MR) is 70.7 cm³/mol. The molecule has 0 aromatic heterocycles. The first kappa shape index (κ1) is 16.4. The number of amides is 1. The molecule has 0 aliphatic rings. The second-order valence-corrected chi connectivity index (χ2v) is 5.24. The van der Waals surface area contributed by atoms with Gasteiger partial charge in [0.1, 0.15) is 0 Å². The van der Waals surface area contributed by atoms with Gasteiger partial charge in [-0.25, -0.2) is 0 Å². The zero-order valence-corrected chi connectivity index (χ0v) is 11.9. The minimum Gasteiger partial charge on any atom is -0.383 e. The first-order valence-electron chi connectivity index (χ1n) is 6.37. The van der Waals surface area contributed by atoms with Crippen LogP contribution in [0.5, 0.6) is 0 Å². The molecule has 0 fully saturated rings. The van der Waals surface area contributed by atoms with Crippen LogP contribution in [0.1, 0.15) is 33.6 Å². The Balaban J connectivity index is 4.20. The highest BCUT2D eigenvalue weighted by Gasteiger charge is 2.20. The molecule has 1 amide bonds. The Morgan fingerprint density at radius 1 is 1.35 bits per heavy atom. The van der Waals surface area contributed by atoms with Gasteiger partial charge in [0.25, 0.3) is 0 Å². The number of hydrogen-bond acceptors (Lipinski definition) is 3. The van der Waals surface area contributed by atoms with Crippen LogP contribution >= 0.6 is 0 Å². The third kappa shape index (κ3) is 6.64. The molecule has 0 rings (SSSR count). The number of carbonyl (C=O) groups excluding carboxylic acids is 1. The number of nitrogens with two attached hydrogens (primary N) is 1. The quantitative estimate of drug-likeness (QED) is 0.704. The van der Waals surface area contributed by atoms with Gasteiger partial charge in [0.15, 0.2) is 0 Å². The van der Waals surface area contributed by atoms with Gasteiger partial charge < -0.3 is 15.4 Å². The Morgan fingerprint density at radius 3 is 2.35 bits per heavy atom. The van der Waals surface area contributed by atoms with Crippen molar-refractivity contribution in [3.63, 3.8) is 0 Å². The Kier molecular flexibility index (Phi) is 8.17. The van der Waals surface area contributed by atoms with E-state index < -0.39 is 0 Å². The summed E-state index contributed by atoms with van der Waals surface area (Å²) in [4.78, 5) is 13.8. The van der Waals surface area contributed by atoms with Crippen molar-refractivity contribution in [2.45, 2.75) is 39.7 Å². The number of ether oxygens (including phenoxy) is 1. The van der Waals surface area contributed by atoms with Crippen molar-refractivity contribution in [3.05, 3.63) is 0 Å². The van der Waals surface area contributed by atoms with E-state index in [4.69, 9.17) is 10.5 Å². The molecule has 4 nitrogen and oxygen atoms in total. The number of methoxy groups -OCH3 is 1. The van der Waals surface area contributed by atoms with Crippen LogP contribution in [-0.2, 0) is 9.53 Å². The lowest BCUT2D eigenvalue weighted by Crippen LogP contribution is -2.39. The summed E-state index contributed by atoms with van der Waals surface area (Å²) in [6.07, 6.45) is 1.55. The molecule has 0 aromatic rings. The van der Waals surface area contributed by atoms with Gasteiger partial charge in [-0.1, -0.05) is 13.8 Å². The Morgan fingerprint density at radius 2 is 1.94 bits per heavy atom. The predicted octanol–water partition coefficient (Wildman–Crippen LogP) is 1.49.